The number of carbonyl (C=O) groups excluding carboxylic acids is 2. The standard InChI is InChI=1S/C24H22Cl2N2O4/c1-14(29)19-12-17(8-9-20(19)25)32-23-18(5-4-10-27-23)22(30)28-13-15-6-7-16(11-21(15)26)24(2,3)31/h4-12,31H,13H2,1-3H3,(H,28,30). The summed E-state index contributed by atoms with van der Waals surface area (Å²) in [6.45, 7) is 4.92. The molecule has 0 atom stereocenters. The number of hydrogen-bond acceptors (Lipinski definition) is 5. The largest absolute Gasteiger partial charge is 0.438 e. The number of rotatable bonds is 7. The van der Waals surface area contributed by atoms with Gasteiger partial charge in [-0.2, -0.15) is 0 Å². The third-order valence-corrected chi connectivity index (χ3v) is 5.43. The van der Waals surface area contributed by atoms with E-state index in [1.165, 1.54) is 19.2 Å². The van der Waals surface area contributed by atoms with Crippen LogP contribution in [-0.4, -0.2) is 21.8 Å². The molecule has 3 aromatic rings. The summed E-state index contributed by atoms with van der Waals surface area (Å²) in [6.07, 6.45) is 1.50. The molecule has 166 valence electrons. The Hall–Kier alpha value is -2.93. The van der Waals surface area contributed by atoms with Gasteiger partial charge in [0.05, 0.1) is 10.6 Å². The molecule has 0 saturated carbocycles. The molecule has 2 aromatic carbocycles. The molecular weight excluding hydrogens is 451 g/mol. The Morgan fingerprint density at radius 1 is 1.06 bits per heavy atom. The highest BCUT2D eigenvalue weighted by molar-refractivity contribution is 6.34. The van der Waals surface area contributed by atoms with Crippen LogP contribution in [0, 0.1) is 0 Å². The molecule has 3 rings (SSSR count). The van der Waals surface area contributed by atoms with Gasteiger partial charge in [0.2, 0.25) is 5.88 Å². The smallest absolute Gasteiger partial charge is 0.257 e. The van der Waals surface area contributed by atoms with Gasteiger partial charge in [-0.25, -0.2) is 4.98 Å². The molecule has 0 spiro atoms. The van der Waals surface area contributed by atoms with Crippen molar-refractivity contribution >= 4 is 34.9 Å². The van der Waals surface area contributed by atoms with Crippen LogP contribution in [0.5, 0.6) is 11.6 Å². The van der Waals surface area contributed by atoms with Crippen molar-refractivity contribution in [2.24, 2.45) is 0 Å². The normalized spacial score (nSPS) is 11.2. The van der Waals surface area contributed by atoms with E-state index in [0.29, 0.717) is 32.5 Å². The molecule has 0 bridgehead atoms. The minimum Gasteiger partial charge on any atom is -0.438 e. The van der Waals surface area contributed by atoms with Crippen LogP contribution in [-0.2, 0) is 12.1 Å². The molecule has 1 aromatic heterocycles. The number of Topliss-reactive ketones (excluding diaryl/α,β-unsaturated/α-hetero) is 1. The molecule has 0 aliphatic heterocycles. The third-order valence-electron chi connectivity index (χ3n) is 4.75. The summed E-state index contributed by atoms with van der Waals surface area (Å²) in [4.78, 5) is 28.7. The molecule has 6 nitrogen and oxygen atoms in total. The van der Waals surface area contributed by atoms with Crippen molar-refractivity contribution in [2.45, 2.75) is 32.9 Å². The van der Waals surface area contributed by atoms with Crippen molar-refractivity contribution < 1.29 is 19.4 Å². The zero-order chi connectivity index (χ0) is 23.5. The Balaban J connectivity index is 1.77. The minimum absolute atomic E-state index is 0.0882. The van der Waals surface area contributed by atoms with Crippen LogP contribution in [0.3, 0.4) is 0 Å². The first kappa shape index (κ1) is 23.7. The van der Waals surface area contributed by atoms with Gasteiger partial charge in [-0.05, 0) is 68.3 Å². The molecule has 0 aliphatic carbocycles. The maximum Gasteiger partial charge on any atom is 0.257 e. The van der Waals surface area contributed by atoms with Gasteiger partial charge in [-0.1, -0.05) is 35.3 Å². The van der Waals surface area contributed by atoms with Gasteiger partial charge in [0.15, 0.2) is 5.78 Å². The number of benzene rings is 2. The molecule has 8 heteroatoms. The van der Waals surface area contributed by atoms with E-state index in [9.17, 15) is 14.7 Å². The molecular formula is C24H22Cl2N2O4. The highest BCUT2D eigenvalue weighted by Gasteiger charge is 2.19. The number of nitrogens with zero attached hydrogens (tertiary/aromatic N) is 1. The number of halogens is 2. The van der Waals surface area contributed by atoms with Crippen LogP contribution >= 0.6 is 23.2 Å². The molecule has 1 amide bonds. The van der Waals surface area contributed by atoms with Gasteiger partial charge < -0.3 is 15.2 Å². The summed E-state index contributed by atoms with van der Waals surface area (Å²) in [5, 5.41) is 13.7. The fraction of sp³-hybridized carbons (Fsp3) is 0.208. The fourth-order valence-electron chi connectivity index (χ4n) is 2.94. The average molecular weight is 473 g/mol. The second-order valence-electron chi connectivity index (χ2n) is 7.70. The number of amides is 1. The van der Waals surface area contributed by atoms with Gasteiger partial charge >= 0.3 is 0 Å². The van der Waals surface area contributed by atoms with Crippen molar-refractivity contribution in [1.29, 1.82) is 0 Å². The molecule has 32 heavy (non-hydrogen) atoms. The summed E-state index contributed by atoms with van der Waals surface area (Å²) in [5.41, 5.74) is 0.889. The molecule has 0 saturated heterocycles. The van der Waals surface area contributed by atoms with E-state index in [1.807, 2.05) is 0 Å². The average Bonchev–Trinajstić information content (AvgIpc) is 2.73. The van der Waals surface area contributed by atoms with Crippen molar-refractivity contribution in [3.05, 3.63) is 87.0 Å². The SMILES string of the molecule is CC(=O)c1cc(Oc2ncccc2C(=O)NCc2ccc(C(C)(C)O)cc2Cl)ccc1Cl. The molecule has 0 fully saturated rings. The lowest BCUT2D eigenvalue weighted by Crippen LogP contribution is -2.24. The number of hydrogen-bond donors (Lipinski definition) is 2. The summed E-state index contributed by atoms with van der Waals surface area (Å²) in [5.74, 6) is -0.189. The highest BCUT2D eigenvalue weighted by atomic mass is 35.5. The van der Waals surface area contributed by atoms with Gasteiger partial charge in [-0.15, -0.1) is 0 Å². The number of pyridine rings is 1. The van der Waals surface area contributed by atoms with Crippen molar-refractivity contribution in [3.8, 4) is 11.6 Å². The summed E-state index contributed by atoms with van der Waals surface area (Å²) >= 11 is 12.4. The summed E-state index contributed by atoms with van der Waals surface area (Å²) in [7, 11) is 0. The first-order valence-corrected chi connectivity index (χ1v) is 10.5. The molecule has 1 heterocycles. The van der Waals surface area contributed by atoms with Crippen molar-refractivity contribution in [2.75, 3.05) is 0 Å². The Labute approximate surface area is 196 Å². The molecule has 0 aliphatic rings. The van der Waals surface area contributed by atoms with Crippen LogP contribution in [0.2, 0.25) is 10.0 Å². The first-order chi connectivity index (χ1) is 15.1. The number of aromatic nitrogens is 1. The maximum atomic E-state index is 12.8. The quantitative estimate of drug-likeness (QED) is 0.440. The Morgan fingerprint density at radius 2 is 1.81 bits per heavy atom. The van der Waals surface area contributed by atoms with Gasteiger partial charge in [-0.3, -0.25) is 9.59 Å². The number of carbonyl (C=O) groups is 2. The summed E-state index contributed by atoms with van der Waals surface area (Å²) in [6, 6.07) is 13.0. The second-order valence-corrected chi connectivity index (χ2v) is 8.52. The van der Waals surface area contributed by atoms with E-state index in [0.717, 1.165) is 0 Å². The summed E-state index contributed by atoms with van der Waals surface area (Å²) < 4.78 is 5.77. The van der Waals surface area contributed by atoms with E-state index in [1.54, 1.807) is 56.3 Å². The first-order valence-electron chi connectivity index (χ1n) is 9.79. The minimum atomic E-state index is -1.02. The van der Waals surface area contributed by atoms with Gasteiger partial charge in [0.25, 0.3) is 5.91 Å². The second kappa shape index (κ2) is 9.69. The Morgan fingerprint density at radius 3 is 2.47 bits per heavy atom. The van der Waals surface area contributed by atoms with Crippen LogP contribution in [0.1, 0.15) is 52.6 Å². The molecule has 2 N–H and O–H groups in total. The Bertz CT molecular complexity index is 1170. The number of ketones is 1. The van der Waals surface area contributed by atoms with Gasteiger partial charge in [0.1, 0.15) is 11.3 Å². The monoisotopic (exact) mass is 472 g/mol. The number of aliphatic hydroxyl groups is 1. The number of nitrogens with one attached hydrogen (secondary N) is 1. The van der Waals surface area contributed by atoms with Crippen LogP contribution < -0.4 is 10.1 Å². The van der Waals surface area contributed by atoms with Crippen molar-refractivity contribution in [3.63, 3.8) is 0 Å². The van der Waals surface area contributed by atoms with Crippen molar-refractivity contribution in [1.82, 2.24) is 10.3 Å². The molecule has 0 radical (unpaired) electrons. The zero-order valence-electron chi connectivity index (χ0n) is 17.8. The highest BCUT2D eigenvalue weighted by Crippen LogP contribution is 2.28. The van der Waals surface area contributed by atoms with E-state index in [2.05, 4.69) is 10.3 Å². The lowest BCUT2D eigenvalue weighted by atomic mass is 9.97. The topological polar surface area (TPSA) is 88.5 Å². The van der Waals surface area contributed by atoms with E-state index < -0.39 is 11.5 Å². The fourth-order valence-corrected chi connectivity index (χ4v) is 3.43. The van der Waals surface area contributed by atoms with Crippen LogP contribution in [0.25, 0.3) is 0 Å². The molecule has 0 unspecified atom stereocenters. The third kappa shape index (κ3) is 5.65. The zero-order valence-corrected chi connectivity index (χ0v) is 19.3. The van der Waals surface area contributed by atoms with E-state index >= 15 is 0 Å². The van der Waals surface area contributed by atoms with Crippen LogP contribution in [0.4, 0.5) is 0 Å². The van der Waals surface area contributed by atoms with Crippen LogP contribution in [0.15, 0.2) is 54.7 Å². The number of ether oxygens (including phenoxy) is 1. The predicted molar refractivity (Wildman–Crippen MR) is 124 cm³/mol. The maximum absolute atomic E-state index is 12.8. The van der Waals surface area contributed by atoms with E-state index in [-0.39, 0.29) is 23.8 Å². The van der Waals surface area contributed by atoms with Gasteiger partial charge in [0, 0.05) is 23.3 Å². The Kier molecular flexibility index (Phi) is 7.19. The lowest BCUT2D eigenvalue weighted by Gasteiger charge is -2.19. The predicted octanol–water partition coefficient (Wildman–Crippen LogP) is 5.54. The van der Waals surface area contributed by atoms with E-state index in [4.69, 9.17) is 27.9 Å². The lowest BCUT2D eigenvalue weighted by molar-refractivity contribution is 0.0785.